The summed E-state index contributed by atoms with van der Waals surface area (Å²) in [6.45, 7) is 1.75. The molecule has 0 aliphatic carbocycles. The molecule has 2 N–H and O–H groups in total. The number of rotatable bonds is 0. The molecule has 1 aromatic heterocycles. The van der Waals surface area contributed by atoms with Crippen molar-refractivity contribution in [3.63, 3.8) is 0 Å². The van der Waals surface area contributed by atoms with Crippen LogP contribution in [0.2, 0.25) is 0 Å². The third-order valence-corrected chi connectivity index (χ3v) is 2.78. The zero-order chi connectivity index (χ0) is 8.13. The molecule has 5 nitrogen and oxygen atoms in total. The molecule has 2 aliphatic rings. The van der Waals surface area contributed by atoms with Gasteiger partial charge in [0.25, 0.3) is 0 Å². The monoisotopic (exact) mass is 166 g/mol. The van der Waals surface area contributed by atoms with E-state index in [0.29, 0.717) is 12.0 Å². The van der Waals surface area contributed by atoms with Crippen molar-refractivity contribution in [3.05, 3.63) is 16.3 Å². The lowest BCUT2D eigenvalue weighted by Gasteiger charge is -2.17. The van der Waals surface area contributed by atoms with Gasteiger partial charge in [-0.3, -0.25) is 4.57 Å². The van der Waals surface area contributed by atoms with Crippen molar-refractivity contribution in [1.82, 2.24) is 20.1 Å². The van der Waals surface area contributed by atoms with Gasteiger partial charge in [0, 0.05) is 25.0 Å². The normalized spacial score (nSPS) is 32.0. The molecule has 2 bridgehead atoms. The molecule has 0 amide bonds. The SMILES string of the molecule is O=c1[nH]nc2n1CC1CC2CN1. The highest BCUT2D eigenvalue weighted by molar-refractivity contribution is 5.08. The van der Waals surface area contributed by atoms with Crippen LogP contribution in [0.5, 0.6) is 0 Å². The van der Waals surface area contributed by atoms with Crippen molar-refractivity contribution in [2.45, 2.75) is 24.9 Å². The highest BCUT2D eigenvalue weighted by Crippen LogP contribution is 2.28. The fourth-order valence-corrected chi connectivity index (χ4v) is 2.19. The van der Waals surface area contributed by atoms with Gasteiger partial charge in [-0.2, -0.15) is 5.10 Å². The summed E-state index contributed by atoms with van der Waals surface area (Å²) in [5.74, 6) is 1.38. The lowest BCUT2D eigenvalue weighted by molar-refractivity contribution is 0.448. The minimum absolute atomic E-state index is 0.0663. The molecular formula is C7H10N4O. The van der Waals surface area contributed by atoms with E-state index in [1.54, 1.807) is 4.57 Å². The summed E-state index contributed by atoms with van der Waals surface area (Å²) in [6.07, 6.45) is 1.13. The number of hydrogen-bond donors (Lipinski definition) is 2. The summed E-state index contributed by atoms with van der Waals surface area (Å²) in [4.78, 5) is 11.2. The average molecular weight is 166 g/mol. The van der Waals surface area contributed by atoms with E-state index in [0.717, 1.165) is 25.3 Å². The van der Waals surface area contributed by atoms with Gasteiger partial charge in [0.2, 0.25) is 0 Å². The van der Waals surface area contributed by atoms with Crippen molar-refractivity contribution in [3.8, 4) is 0 Å². The predicted molar refractivity (Wildman–Crippen MR) is 42.0 cm³/mol. The van der Waals surface area contributed by atoms with Crippen LogP contribution in [0.3, 0.4) is 0 Å². The average Bonchev–Trinajstić information content (AvgIpc) is 2.61. The summed E-state index contributed by atoms with van der Waals surface area (Å²) in [6, 6.07) is 0.484. The van der Waals surface area contributed by atoms with E-state index in [-0.39, 0.29) is 5.69 Å². The smallest absolute Gasteiger partial charge is 0.311 e. The van der Waals surface area contributed by atoms with Gasteiger partial charge in [-0.25, -0.2) is 9.89 Å². The van der Waals surface area contributed by atoms with Crippen LogP contribution in [0.25, 0.3) is 0 Å². The number of fused-ring (bicyclic) bond motifs is 4. The molecule has 0 spiro atoms. The first-order chi connectivity index (χ1) is 5.84. The fraction of sp³-hybridized carbons (Fsp3) is 0.714. The van der Waals surface area contributed by atoms with Crippen molar-refractivity contribution in [2.75, 3.05) is 6.54 Å². The van der Waals surface area contributed by atoms with Crippen LogP contribution in [-0.2, 0) is 6.54 Å². The largest absolute Gasteiger partial charge is 0.343 e. The van der Waals surface area contributed by atoms with E-state index in [1.165, 1.54) is 0 Å². The standard InChI is InChI=1S/C7H10N4O/c12-7-10-9-6-4-1-5(8-2-4)3-11(6)7/h4-5,8H,1-3H2,(H,10,12). The molecule has 1 saturated heterocycles. The Balaban J connectivity index is 2.20. The summed E-state index contributed by atoms with van der Waals surface area (Å²) in [5, 5.41) is 9.88. The van der Waals surface area contributed by atoms with Crippen molar-refractivity contribution in [1.29, 1.82) is 0 Å². The van der Waals surface area contributed by atoms with Crippen LogP contribution >= 0.6 is 0 Å². The van der Waals surface area contributed by atoms with E-state index in [1.807, 2.05) is 0 Å². The third-order valence-electron chi connectivity index (χ3n) is 2.78. The number of aromatic amines is 1. The van der Waals surface area contributed by atoms with Crippen LogP contribution in [0.1, 0.15) is 18.2 Å². The van der Waals surface area contributed by atoms with Gasteiger partial charge in [0.05, 0.1) is 0 Å². The maximum absolute atomic E-state index is 11.2. The molecule has 0 saturated carbocycles. The first-order valence-electron chi connectivity index (χ1n) is 4.23. The van der Waals surface area contributed by atoms with Crippen molar-refractivity contribution >= 4 is 0 Å². The van der Waals surface area contributed by atoms with Crippen LogP contribution < -0.4 is 11.0 Å². The number of H-pyrrole nitrogens is 1. The minimum Gasteiger partial charge on any atom is -0.311 e. The van der Waals surface area contributed by atoms with Crippen LogP contribution in [0.15, 0.2) is 4.79 Å². The molecule has 2 unspecified atom stereocenters. The van der Waals surface area contributed by atoms with Gasteiger partial charge < -0.3 is 5.32 Å². The number of hydrogen-bond acceptors (Lipinski definition) is 3. The molecule has 5 heteroatoms. The maximum Gasteiger partial charge on any atom is 0.343 e. The molecule has 2 aliphatic heterocycles. The summed E-state index contributed by atoms with van der Waals surface area (Å²) >= 11 is 0. The van der Waals surface area contributed by atoms with Gasteiger partial charge in [0.15, 0.2) is 0 Å². The second kappa shape index (κ2) is 1.98. The second-order valence-corrected chi connectivity index (χ2v) is 3.54. The van der Waals surface area contributed by atoms with Crippen LogP contribution in [0.4, 0.5) is 0 Å². The molecule has 0 radical (unpaired) electrons. The van der Waals surface area contributed by atoms with Crippen molar-refractivity contribution < 1.29 is 0 Å². The van der Waals surface area contributed by atoms with Crippen LogP contribution in [0, 0.1) is 0 Å². The maximum atomic E-state index is 11.2. The molecule has 64 valence electrons. The summed E-state index contributed by atoms with van der Waals surface area (Å²) in [7, 11) is 0. The zero-order valence-corrected chi connectivity index (χ0v) is 6.58. The Hall–Kier alpha value is -1.10. The molecular weight excluding hydrogens is 156 g/mol. The summed E-state index contributed by atoms with van der Waals surface area (Å²) < 4.78 is 1.75. The molecule has 12 heavy (non-hydrogen) atoms. The Bertz CT molecular complexity index is 366. The van der Waals surface area contributed by atoms with E-state index in [4.69, 9.17) is 0 Å². The van der Waals surface area contributed by atoms with E-state index < -0.39 is 0 Å². The molecule has 3 rings (SSSR count). The fourth-order valence-electron chi connectivity index (χ4n) is 2.19. The van der Waals surface area contributed by atoms with Gasteiger partial charge in [-0.05, 0) is 6.42 Å². The topological polar surface area (TPSA) is 62.7 Å². The lowest BCUT2D eigenvalue weighted by atomic mass is 10.0. The number of nitrogens with one attached hydrogen (secondary N) is 2. The Morgan fingerprint density at radius 3 is 3.42 bits per heavy atom. The Morgan fingerprint density at radius 1 is 1.58 bits per heavy atom. The van der Waals surface area contributed by atoms with Crippen molar-refractivity contribution in [2.24, 2.45) is 0 Å². The van der Waals surface area contributed by atoms with E-state index in [2.05, 4.69) is 15.5 Å². The Kier molecular flexibility index (Phi) is 1.06. The van der Waals surface area contributed by atoms with Gasteiger partial charge >= 0.3 is 5.69 Å². The quantitative estimate of drug-likeness (QED) is 0.521. The third kappa shape index (κ3) is 0.665. The molecule has 1 aromatic rings. The zero-order valence-electron chi connectivity index (χ0n) is 6.58. The number of aromatic nitrogens is 3. The van der Waals surface area contributed by atoms with Gasteiger partial charge in [-0.1, -0.05) is 0 Å². The van der Waals surface area contributed by atoms with Crippen LogP contribution in [-0.4, -0.2) is 27.4 Å². The highest BCUT2D eigenvalue weighted by atomic mass is 16.1. The van der Waals surface area contributed by atoms with E-state index in [9.17, 15) is 4.79 Å². The first kappa shape index (κ1) is 6.42. The predicted octanol–water partition coefficient (Wildman–Crippen LogP) is -0.970. The lowest BCUT2D eigenvalue weighted by Crippen LogP contribution is -2.32. The molecule has 2 atom stereocenters. The molecule has 3 heterocycles. The summed E-state index contributed by atoms with van der Waals surface area (Å²) in [5.41, 5.74) is -0.0663. The van der Waals surface area contributed by atoms with E-state index >= 15 is 0 Å². The highest BCUT2D eigenvalue weighted by Gasteiger charge is 2.34. The number of nitrogens with zero attached hydrogens (tertiary/aromatic N) is 2. The minimum atomic E-state index is -0.0663. The Labute approximate surface area is 68.8 Å². The van der Waals surface area contributed by atoms with Gasteiger partial charge in [0.1, 0.15) is 5.82 Å². The molecule has 0 aromatic carbocycles. The second-order valence-electron chi connectivity index (χ2n) is 3.54. The Morgan fingerprint density at radius 2 is 2.50 bits per heavy atom. The van der Waals surface area contributed by atoms with Gasteiger partial charge in [-0.15, -0.1) is 0 Å². The molecule has 1 fully saturated rings. The first-order valence-corrected chi connectivity index (χ1v) is 4.23.